The van der Waals surface area contributed by atoms with Gasteiger partial charge in [-0.05, 0) is 19.8 Å². The summed E-state index contributed by atoms with van der Waals surface area (Å²) >= 11 is 0. The quantitative estimate of drug-likeness (QED) is 0.267. The van der Waals surface area contributed by atoms with Gasteiger partial charge in [0.15, 0.2) is 5.96 Å². The van der Waals surface area contributed by atoms with Crippen LogP contribution in [0.3, 0.4) is 0 Å². The zero-order valence-corrected chi connectivity index (χ0v) is 18.7. The number of aryl methyl sites for hydroxylation is 1. The van der Waals surface area contributed by atoms with Crippen LogP contribution in [0.25, 0.3) is 0 Å². The number of nitrogens with zero attached hydrogens (tertiary/aromatic N) is 4. The minimum atomic E-state index is 0. The molecule has 2 saturated heterocycles. The first-order chi connectivity index (χ1) is 12.7. The summed E-state index contributed by atoms with van der Waals surface area (Å²) in [5.41, 5.74) is 1.00. The Morgan fingerprint density at radius 3 is 2.81 bits per heavy atom. The smallest absolute Gasteiger partial charge is 0.193 e. The van der Waals surface area contributed by atoms with E-state index in [9.17, 15) is 0 Å². The molecule has 27 heavy (non-hydrogen) atoms. The fourth-order valence-electron chi connectivity index (χ4n) is 3.40. The molecule has 0 amide bonds. The predicted molar refractivity (Wildman–Crippen MR) is 115 cm³/mol. The van der Waals surface area contributed by atoms with Gasteiger partial charge in [0.25, 0.3) is 0 Å². The molecule has 2 aliphatic heterocycles. The number of ether oxygens (including phenoxy) is 2. The Labute approximate surface area is 178 Å². The Morgan fingerprint density at radius 2 is 2.19 bits per heavy atom. The third-order valence-electron chi connectivity index (χ3n) is 4.80. The molecule has 2 aliphatic rings. The first kappa shape index (κ1) is 22.4. The predicted octanol–water partition coefficient (Wildman–Crippen LogP) is 1.49. The second kappa shape index (κ2) is 11.8. The summed E-state index contributed by atoms with van der Waals surface area (Å²) in [6.07, 6.45) is 2.56. The van der Waals surface area contributed by atoms with E-state index in [0.29, 0.717) is 13.2 Å². The van der Waals surface area contributed by atoms with Crippen LogP contribution in [0.4, 0.5) is 0 Å². The van der Waals surface area contributed by atoms with Gasteiger partial charge in [0.2, 0.25) is 0 Å². The van der Waals surface area contributed by atoms with Gasteiger partial charge in [-0.3, -0.25) is 9.89 Å². The number of rotatable bonds is 7. The monoisotopic (exact) mass is 493 g/mol. The number of hydrogen-bond donors (Lipinski definition) is 1. The normalized spacial score (nSPS) is 21.3. The molecule has 1 aromatic rings. The van der Waals surface area contributed by atoms with E-state index in [-0.39, 0.29) is 30.1 Å². The van der Waals surface area contributed by atoms with Crippen LogP contribution >= 0.6 is 24.0 Å². The summed E-state index contributed by atoms with van der Waals surface area (Å²) in [7, 11) is 1.83. The van der Waals surface area contributed by atoms with Gasteiger partial charge in [-0.15, -0.1) is 24.0 Å². The minimum absolute atomic E-state index is 0. The van der Waals surface area contributed by atoms with Crippen LogP contribution in [0.15, 0.2) is 15.6 Å². The Balaban J connectivity index is 0.00000261. The number of nitrogens with one attached hydrogen (secondary N) is 1. The van der Waals surface area contributed by atoms with Crippen LogP contribution in [-0.2, 0) is 16.0 Å². The van der Waals surface area contributed by atoms with Crippen molar-refractivity contribution in [2.24, 2.45) is 4.99 Å². The summed E-state index contributed by atoms with van der Waals surface area (Å²) in [5.74, 6) is 1.81. The van der Waals surface area contributed by atoms with E-state index in [2.05, 4.69) is 25.3 Å². The van der Waals surface area contributed by atoms with E-state index < -0.39 is 0 Å². The van der Waals surface area contributed by atoms with Crippen LogP contribution in [0.2, 0.25) is 0 Å². The molecule has 1 atom stereocenters. The highest BCUT2D eigenvalue weighted by molar-refractivity contribution is 14.0. The molecule has 0 bridgehead atoms. The van der Waals surface area contributed by atoms with E-state index in [4.69, 9.17) is 14.0 Å². The average molecular weight is 493 g/mol. The highest BCUT2D eigenvalue weighted by Crippen LogP contribution is 2.12. The van der Waals surface area contributed by atoms with E-state index in [1.54, 1.807) is 0 Å². The third kappa shape index (κ3) is 7.20. The van der Waals surface area contributed by atoms with Gasteiger partial charge >= 0.3 is 0 Å². The van der Waals surface area contributed by atoms with E-state index in [1.165, 1.54) is 0 Å². The van der Waals surface area contributed by atoms with E-state index >= 15 is 0 Å². The number of guanidine groups is 1. The van der Waals surface area contributed by atoms with Gasteiger partial charge in [-0.2, -0.15) is 0 Å². The zero-order valence-electron chi connectivity index (χ0n) is 16.4. The maximum atomic E-state index is 5.70. The molecular weight excluding hydrogens is 461 g/mol. The van der Waals surface area contributed by atoms with Crippen molar-refractivity contribution in [3.63, 3.8) is 0 Å². The molecule has 3 rings (SSSR count). The van der Waals surface area contributed by atoms with Crippen molar-refractivity contribution >= 4 is 29.9 Å². The molecular formula is C18H32IN5O3. The maximum Gasteiger partial charge on any atom is 0.193 e. The molecule has 1 N–H and O–H groups in total. The van der Waals surface area contributed by atoms with E-state index in [0.717, 1.165) is 76.1 Å². The minimum Gasteiger partial charge on any atom is -0.377 e. The molecule has 0 spiro atoms. The Morgan fingerprint density at radius 1 is 1.37 bits per heavy atom. The molecule has 8 nitrogen and oxygen atoms in total. The van der Waals surface area contributed by atoms with Gasteiger partial charge in [0, 0.05) is 59.0 Å². The van der Waals surface area contributed by atoms with Gasteiger partial charge < -0.3 is 24.2 Å². The average Bonchev–Trinajstić information content (AvgIpc) is 3.31. The largest absolute Gasteiger partial charge is 0.377 e. The fourth-order valence-corrected chi connectivity index (χ4v) is 3.40. The summed E-state index contributed by atoms with van der Waals surface area (Å²) in [6.45, 7) is 9.65. The summed E-state index contributed by atoms with van der Waals surface area (Å²) < 4.78 is 16.4. The highest BCUT2D eigenvalue weighted by atomic mass is 127. The second-order valence-electron chi connectivity index (χ2n) is 6.88. The Bertz CT molecular complexity index is 569. The fraction of sp³-hybridized carbons (Fsp3) is 0.778. The molecule has 1 aromatic heterocycles. The highest BCUT2D eigenvalue weighted by Gasteiger charge is 2.20. The third-order valence-corrected chi connectivity index (χ3v) is 4.80. The molecule has 0 aromatic carbocycles. The number of piperazine rings is 1. The molecule has 154 valence electrons. The molecule has 0 aliphatic carbocycles. The lowest BCUT2D eigenvalue weighted by atomic mass is 10.2. The van der Waals surface area contributed by atoms with Crippen LogP contribution < -0.4 is 5.32 Å². The van der Waals surface area contributed by atoms with Crippen molar-refractivity contribution in [3.05, 3.63) is 17.5 Å². The summed E-state index contributed by atoms with van der Waals surface area (Å²) in [4.78, 5) is 9.10. The lowest BCUT2D eigenvalue weighted by Gasteiger charge is -2.36. The van der Waals surface area contributed by atoms with E-state index in [1.807, 2.05) is 20.0 Å². The molecule has 2 fully saturated rings. The van der Waals surface area contributed by atoms with Crippen molar-refractivity contribution in [2.75, 3.05) is 59.6 Å². The van der Waals surface area contributed by atoms with Gasteiger partial charge in [-0.1, -0.05) is 5.16 Å². The van der Waals surface area contributed by atoms with Crippen LogP contribution in [0.1, 0.15) is 24.3 Å². The van der Waals surface area contributed by atoms with Crippen molar-refractivity contribution < 1.29 is 14.0 Å². The van der Waals surface area contributed by atoms with Crippen molar-refractivity contribution in [1.29, 1.82) is 0 Å². The zero-order chi connectivity index (χ0) is 18.2. The van der Waals surface area contributed by atoms with Gasteiger partial charge in [0.1, 0.15) is 5.76 Å². The summed E-state index contributed by atoms with van der Waals surface area (Å²) in [5, 5.41) is 7.47. The first-order valence-corrected chi connectivity index (χ1v) is 9.54. The standard InChI is InChI=1S/C18H31N5O3.HI/c1-15-12-16(21-26-15)13-22-6-8-23(9-7-22)18(19-2)20-5-11-24-14-17-4-3-10-25-17;/h12,17H,3-11,13-14H2,1-2H3,(H,19,20);1H. The summed E-state index contributed by atoms with van der Waals surface area (Å²) in [6, 6.07) is 2.00. The maximum absolute atomic E-state index is 5.70. The van der Waals surface area contributed by atoms with Crippen LogP contribution in [0, 0.1) is 6.92 Å². The lowest BCUT2D eigenvalue weighted by molar-refractivity contribution is 0.0189. The Hall–Kier alpha value is -0.910. The number of aliphatic imine (C=N–C) groups is 1. The molecule has 9 heteroatoms. The number of hydrogen-bond acceptors (Lipinski definition) is 6. The van der Waals surface area contributed by atoms with Crippen molar-refractivity contribution in [1.82, 2.24) is 20.3 Å². The first-order valence-electron chi connectivity index (χ1n) is 9.54. The number of halogens is 1. The van der Waals surface area contributed by atoms with Crippen molar-refractivity contribution in [2.45, 2.75) is 32.4 Å². The molecule has 0 saturated carbocycles. The van der Waals surface area contributed by atoms with Crippen LogP contribution in [0.5, 0.6) is 0 Å². The van der Waals surface area contributed by atoms with Gasteiger partial charge in [-0.25, -0.2) is 0 Å². The topological polar surface area (TPSA) is 75.4 Å². The van der Waals surface area contributed by atoms with Crippen molar-refractivity contribution in [3.8, 4) is 0 Å². The Kier molecular flexibility index (Phi) is 9.80. The second-order valence-corrected chi connectivity index (χ2v) is 6.88. The van der Waals surface area contributed by atoms with Gasteiger partial charge in [0.05, 0.1) is 25.0 Å². The lowest BCUT2D eigenvalue weighted by Crippen LogP contribution is -2.52. The number of aromatic nitrogens is 1. The molecule has 1 unspecified atom stereocenters. The SMILES string of the molecule is CN=C(NCCOCC1CCCO1)N1CCN(Cc2cc(C)on2)CC1.I. The molecule has 3 heterocycles. The molecule has 0 radical (unpaired) electrons. The van der Waals surface area contributed by atoms with Crippen LogP contribution in [-0.4, -0.2) is 86.6 Å².